The first-order valence-corrected chi connectivity index (χ1v) is 12.1. The molecule has 0 bridgehead atoms. The second-order valence-electron chi connectivity index (χ2n) is 9.43. The quantitative estimate of drug-likeness (QED) is 0.148. The summed E-state index contributed by atoms with van der Waals surface area (Å²) in [5, 5.41) is 11.1. The second-order valence-corrected chi connectivity index (χ2v) is 10.4. The van der Waals surface area contributed by atoms with Crippen LogP contribution in [0, 0.1) is 0 Å². The number of rotatable bonds is 8. The molecule has 0 fully saturated rings. The number of carbonyl (C=O) groups excluding carboxylic acids is 1. The summed E-state index contributed by atoms with van der Waals surface area (Å²) in [6, 6.07) is 0. The number of hydrogen-bond donors (Lipinski definition) is 1. The maximum atomic E-state index is 12.2. The van der Waals surface area contributed by atoms with Crippen molar-refractivity contribution in [1.82, 2.24) is 0 Å². The first-order chi connectivity index (χ1) is 15.4. The highest BCUT2D eigenvalue weighted by Crippen LogP contribution is 2.37. The maximum absolute atomic E-state index is 12.2. The van der Waals surface area contributed by atoms with Crippen LogP contribution in [0.3, 0.4) is 0 Å². The summed E-state index contributed by atoms with van der Waals surface area (Å²) in [5.74, 6) is -0.376. The van der Waals surface area contributed by atoms with Crippen molar-refractivity contribution < 1.29 is 19.3 Å². The van der Waals surface area contributed by atoms with Crippen molar-refractivity contribution in [1.29, 1.82) is 0 Å². The third kappa shape index (κ3) is 7.48. The number of esters is 1. The fraction of sp³-hybridized carbons (Fsp3) is 0.500. The van der Waals surface area contributed by atoms with Crippen LogP contribution in [0.25, 0.3) is 0 Å². The molecule has 7 heteroatoms. The minimum Gasteiger partial charge on any atom is -0.465 e. The molecule has 2 rings (SSSR count). The first kappa shape index (κ1) is 27.7. The van der Waals surface area contributed by atoms with Gasteiger partial charge in [0.25, 0.3) is 0 Å². The van der Waals surface area contributed by atoms with Crippen LogP contribution < -0.4 is 0 Å². The molecule has 1 unspecified atom stereocenters. The van der Waals surface area contributed by atoms with Crippen LogP contribution >= 0.6 is 23.2 Å². The van der Waals surface area contributed by atoms with Crippen LogP contribution in [-0.4, -0.2) is 42.2 Å². The Morgan fingerprint density at radius 3 is 2.52 bits per heavy atom. The Morgan fingerprint density at radius 2 is 1.94 bits per heavy atom. The Morgan fingerprint density at radius 1 is 1.24 bits per heavy atom. The fourth-order valence-electron chi connectivity index (χ4n) is 3.62. The van der Waals surface area contributed by atoms with Crippen molar-refractivity contribution in [3.05, 3.63) is 69.3 Å². The van der Waals surface area contributed by atoms with Gasteiger partial charge < -0.3 is 14.5 Å². The second kappa shape index (κ2) is 11.7. The zero-order valence-electron chi connectivity index (χ0n) is 20.5. The lowest BCUT2D eigenvalue weighted by Crippen LogP contribution is -2.48. The molecule has 0 heterocycles. The lowest BCUT2D eigenvalue weighted by molar-refractivity contribution is -0.135. The van der Waals surface area contributed by atoms with E-state index >= 15 is 0 Å². The molecule has 0 aromatic carbocycles. The van der Waals surface area contributed by atoms with Crippen LogP contribution in [0.2, 0.25) is 0 Å². The highest BCUT2D eigenvalue weighted by Gasteiger charge is 2.36. The van der Waals surface area contributed by atoms with Crippen LogP contribution in [0.5, 0.6) is 0 Å². The summed E-state index contributed by atoms with van der Waals surface area (Å²) in [4.78, 5) is 12.2. The van der Waals surface area contributed by atoms with Gasteiger partial charge >= 0.3 is 13.5 Å². The van der Waals surface area contributed by atoms with Crippen LogP contribution in [0.1, 0.15) is 60.3 Å². The number of ether oxygens (including phenoxy) is 1. The molecule has 0 radical (unpaired) electrons. The van der Waals surface area contributed by atoms with Gasteiger partial charge in [-0.2, -0.15) is 0 Å². The summed E-state index contributed by atoms with van der Waals surface area (Å²) in [6.07, 6.45) is 14.5. The number of allylic oxidation sites excluding steroid dienone is 10. The van der Waals surface area contributed by atoms with Crippen molar-refractivity contribution in [3.63, 3.8) is 0 Å². The van der Waals surface area contributed by atoms with E-state index in [0.29, 0.717) is 19.5 Å². The molecule has 4 nitrogen and oxygen atoms in total. The summed E-state index contributed by atoms with van der Waals surface area (Å²) >= 11 is 12.9. The molecular weight excluding hydrogens is 458 g/mol. The largest absolute Gasteiger partial charge is 0.465 e. The lowest BCUT2D eigenvalue weighted by Gasteiger charge is -2.38. The number of aliphatic hydroxyl groups is 1. The van der Waals surface area contributed by atoms with Gasteiger partial charge in [0.15, 0.2) is 0 Å². The highest BCUT2D eigenvalue weighted by molar-refractivity contribution is 6.40. The predicted molar refractivity (Wildman–Crippen MR) is 139 cm³/mol. The Labute approximate surface area is 209 Å². The third-order valence-electron chi connectivity index (χ3n) is 6.31. The molecular formula is C26H35BCl2O4. The van der Waals surface area contributed by atoms with Crippen LogP contribution in [0.4, 0.5) is 0 Å². The summed E-state index contributed by atoms with van der Waals surface area (Å²) in [7, 11) is 1.69. The molecule has 2 aliphatic carbocycles. The molecule has 0 spiro atoms. The minimum atomic E-state index is -1.02. The average Bonchev–Trinajstić information content (AvgIpc) is 2.92. The van der Waals surface area contributed by atoms with Gasteiger partial charge in [0, 0.05) is 11.5 Å². The first-order valence-electron chi connectivity index (χ1n) is 11.3. The number of halogens is 2. The van der Waals surface area contributed by atoms with E-state index in [2.05, 4.69) is 6.08 Å². The van der Waals surface area contributed by atoms with Crippen molar-refractivity contribution in [2.45, 2.75) is 76.9 Å². The van der Waals surface area contributed by atoms with Crippen LogP contribution in [0.15, 0.2) is 69.3 Å². The average molecular weight is 493 g/mol. The number of alkyl halides is 1. The molecule has 180 valence electrons. The molecule has 0 saturated heterocycles. The van der Waals surface area contributed by atoms with E-state index in [1.54, 1.807) is 19.9 Å². The van der Waals surface area contributed by atoms with E-state index in [-0.39, 0.29) is 11.3 Å². The van der Waals surface area contributed by atoms with E-state index in [0.717, 1.165) is 46.5 Å². The van der Waals surface area contributed by atoms with E-state index < -0.39 is 11.2 Å². The molecule has 0 amide bonds. The van der Waals surface area contributed by atoms with Gasteiger partial charge in [-0.3, -0.25) is 0 Å². The van der Waals surface area contributed by atoms with Gasteiger partial charge in [-0.05, 0) is 88.2 Å². The molecule has 33 heavy (non-hydrogen) atoms. The third-order valence-corrected chi connectivity index (χ3v) is 6.98. The van der Waals surface area contributed by atoms with E-state index in [1.165, 1.54) is 7.11 Å². The van der Waals surface area contributed by atoms with E-state index in [1.807, 2.05) is 45.1 Å². The molecule has 0 aliphatic heterocycles. The van der Waals surface area contributed by atoms with Gasteiger partial charge in [-0.1, -0.05) is 35.9 Å². The SMILES string of the molecule is C/C=C\C(=C/C1=CC(BOC(C)(C)C(C)(C)O)=C(C2=CC=C(Cl)CC2Cl)CCC1)C(=O)OC. The van der Waals surface area contributed by atoms with Gasteiger partial charge in [0.2, 0.25) is 0 Å². The Hall–Kier alpha value is -1.53. The van der Waals surface area contributed by atoms with Gasteiger partial charge in [-0.25, -0.2) is 4.79 Å². The standard InChI is InChI=1S/C26H35BCl2O4/c1-7-9-18(24(30)32-6)14-17-10-8-11-20(21-13-12-19(28)16-23(21)29)22(15-17)27-33-26(4,5)25(2,3)31/h7,9,12-15,23,27,31H,8,10-11,16H2,1-6H3/b9-7-,18-14+. The molecule has 1 N–H and O–H groups in total. The number of methoxy groups -OCH3 is 1. The topological polar surface area (TPSA) is 55.8 Å². The number of carbonyl (C=O) groups is 1. The van der Waals surface area contributed by atoms with Gasteiger partial charge in [0.05, 0.1) is 29.3 Å². The fourth-order valence-corrected chi connectivity index (χ4v) is 4.28. The zero-order valence-corrected chi connectivity index (χ0v) is 22.0. The van der Waals surface area contributed by atoms with Crippen molar-refractivity contribution in [2.24, 2.45) is 0 Å². The minimum absolute atomic E-state index is 0.214. The zero-order chi connectivity index (χ0) is 24.8. The normalized spacial score (nSPS) is 20.8. The van der Waals surface area contributed by atoms with Gasteiger partial charge in [0.1, 0.15) is 0 Å². The molecule has 1 atom stereocenters. The summed E-state index contributed by atoms with van der Waals surface area (Å²) in [5.41, 5.74) is 2.88. The van der Waals surface area contributed by atoms with Gasteiger partial charge in [-0.15, -0.1) is 11.6 Å². The molecule has 0 aromatic heterocycles. The Kier molecular flexibility index (Phi) is 9.87. The van der Waals surface area contributed by atoms with Crippen molar-refractivity contribution >= 4 is 36.7 Å². The lowest BCUT2D eigenvalue weighted by atomic mass is 9.76. The van der Waals surface area contributed by atoms with E-state index in [4.69, 9.17) is 32.6 Å². The molecule has 0 saturated carbocycles. The Bertz CT molecular complexity index is 930. The Balaban J connectivity index is 2.56. The van der Waals surface area contributed by atoms with Crippen molar-refractivity contribution in [2.75, 3.05) is 7.11 Å². The van der Waals surface area contributed by atoms with Crippen molar-refractivity contribution in [3.8, 4) is 0 Å². The smallest absolute Gasteiger partial charge is 0.337 e. The summed E-state index contributed by atoms with van der Waals surface area (Å²) in [6.45, 7) is 9.10. The van der Waals surface area contributed by atoms with E-state index in [9.17, 15) is 9.90 Å². The summed E-state index contributed by atoms with van der Waals surface area (Å²) < 4.78 is 11.2. The van der Waals surface area contributed by atoms with Crippen LogP contribution in [-0.2, 0) is 14.2 Å². The maximum Gasteiger partial charge on any atom is 0.337 e. The predicted octanol–water partition coefficient (Wildman–Crippen LogP) is 6.00. The highest BCUT2D eigenvalue weighted by atomic mass is 35.5. The molecule has 2 aliphatic rings. The molecule has 0 aromatic rings. The monoisotopic (exact) mass is 492 g/mol. The number of hydrogen-bond acceptors (Lipinski definition) is 4.